The molecule has 0 saturated heterocycles. The van der Waals surface area contributed by atoms with Gasteiger partial charge in [-0.05, 0) is 61.4 Å². The highest BCUT2D eigenvalue weighted by molar-refractivity contribution is 6.30. The van der Waals surface area contributed by atoms with Gasteiger partial charge in [0.2, 0.25) is 0 Å². The Morgan fingerprint density at radius 3 is 2.70 bits per heavy atom. The number of hydrogen-bond acceptors (Lipinski definition) is 3. The second-order valence-corrected chi connectivity index (χ2v) is 9.28. The SMILES string of the molecule is Clc1cccc(CN=C2Nc3cccc(CCOC4CC4)c3NC23CCCCC3)c1. The maximum atomic E-state index is 6.17. The first kappa shape index (κ1) is 19.9. The number of anilines is 2. The zero-order chi connectivity index (χ0) is 20.4. The first-order valence-electron chi connectivity index (χ1n) is 11.3. The van der Waals surface area contributed by atoms with Gasteiger partial charge < -0.3 is 15.4 Å². The van der Waals surface area contributed by atoms with Crippen LogP contribution in [0.3, 0.4) is 0 Å². The standard InChI is InChI=1S/C25H30ClN3O/c26-20-8-4-6-18(16-20)17-27-24-25(13-2-1-3-14-25)29-23-19(7-5-9-22(23)28-24)12-15-30-21-10-11-21/h4-9,16,21,29H,1-3,10-15,17H2,(H,27,28). The van der Waals surface area contributed by atoms with Crippen LogP contribution in [-0.4, -0.2) is 24.1 Å². The predicted octanol–water partition coefficient (Wildman–Crippen LogP) is 6.20. The zero-order valence-corrected chi connectivity index (χ0v) is 18.2. The summed E-state index contributed by atoms with van der Waals surface area (Å²) in [6.45, 7) is 1.43. The molecule has 0 amide bonds. The lowest BCUT2D eigenvalue weighted by Crippen LogP contribution is -2.54. The fourth-order valence-electron chi connectivity index (χ4n) is 4.69. The molecule has 2 N–H and O–H groups in total. The number of nitrogens with one attached hydrogen (secondary N) is 2. The van der Waals surface area contributed by atoms with E-state index in [0.717, 1.165) is 48.0 Å². The summed E-state index contributed by atoms with van der Waals surface area (Å²) < 4.78 is 5.92. The van der Waals surface area contributed by atoms with Gasteiger partial charge in [0, 0.05) is 5.02 Å². The van der Waals surface area contributed by atoms with Crippen LogP contribution in [0.5, 0.6) is 0 Å². The third-order valence-electron chi connectivity index (χ3n) is 6.49. The smallest absolute Gasteiger partial charge is 0.127 e. The average molecular weight is 424 g/mol. The van der Waals surface area contributed by atoms with Crippen LogP contribution in [0, 0.1) is 0 Å². The molecule has 3 aliphatic rings. The number of benzene rings is 2. The molecular weight excluding hydrogens is 394 g/mol. The van der Waals surface area contributed by atoms with Gasteiger partial charge in [-0.15, -0.1) is 0 Å². The van der Waals surface area contributed by atoms with Crippen molar-refractivity contribution >= 4 is 28.8 Å². The van der Waals surface area contributed by atoms with E-state index < -0.39 is 0 Å². The third kappa shape index (κ3) is 4.35. The minimum atomic E-state index is -0.0999. The van der Waals surface area contributed by atoms with E-state index in [1.54, 1.807) is 0 Å². The van der Waals surface area contributed by atoms with Gasteiger partial charge in [0.1, 0.15) is 5.84 Å². The van der Waals surface area contributed by atoms with Crippen LogP contribution in [0.2, 0.25) is 5.02 Å². The number of para-hydroxylation sites is 1. The summed E-state index contributed by atoms with van der Waals surface area (Å²) in [6, 6.07) is 14.5. The zero-order valence-electron chi connectivity index (χ0n) is 17.4. The van der Waals surface area contributed by atoms with Crippen molar-refractivity contribution in [3.05, 3.63) is 58.6 Å². The highest BCUT2D eigenvalue weighted by atomic mass is 35.5. The molecule has 158 valence electrons. The second kappa shape index (κ2) is 8.60. The molecule has 0 unspecified atom stereocenters. The Hall–Kier alpha value is -2.04. The van der Waals surface area contributed by atoms with E-state index in [4.69, 9.17) is 21.3 Å². The highest BCUT2D eigenvalue weighted by Gasteiger charge is 2.41. The summed E-state index contributed by atoms with van der Waals surface area (Å²) in [4.78, 5) is 5.05. The maximum Gasteiger partial charge on any atom is 0.127 e. The fourth-order valence-corrected chi connectivity index (χ4v) is 4.90. The first-order chi connectivity index (χ1) is 14.7. The summed E-state index contributed by atoms with van der Waals surface area (Å²) in [7, 11) is 0. The van der Waals surface area contributed by atoms with Gasteiger partial charge >= 0.3 is 0 Å². The van der Waals surface area contributed by atoms with Crippen LogP contribution in [0.15, 0.2) is 47.5 Å². The number of ether oxygens (including phenoxy) is 1. The number of aliphatic imine (C=N–C) groups is 1. The number of nitrogens with zero attached hydrogens (tertiary/aromatic N) is 1. The Morgan fingerprint density at radius 1 is 1.07 bits per heavy atom. The van der Waals surface area contributed by atoms with E-state index in [-0.39, 0.29) is 5.54 Å². The molecule has 1 spiro atoms. The summed E-state index contributed by atoms with van der Waals surface area (Å²) in [5.41, 5.74) is 4.73. The molecule has 5 rings (SSSR count). The molecule has 4 nitrogen and oxygen atoms in total. The van der Waals surface area contributed by atoms with E-state index in [0.29, 0.717) is 12.6 Å². The van der Waals surface area contributed by atoms with Crippen molar-refractivity contribution in [3.63, 3.8) is 0 Å². The van der Waals surface area contributed by atoms with Crippen molar-refractivity contribution in [2.75, 3.05) is 17.2 Å². The molecule has 2 aromatic carbocycles. The molecule has 0 aromatic heterocycles. The van der Waals surface area contributed by atoms with E-state index >= 15 is 0 Å². The Morgan fingerprint density at radius 2 is 1.90 bits per heavy atom. The summed E-state index contributed by atoms with van der Waals surface area (Å²) >= 11 is 6.17. The monoisotopic (exact) mass is 423 g/mol. The van der Waals surface area contributed by atoms with Gasteiger partial charge in [-0.2, -0.15) is 0 Å². The molecular formula is C25H30ClN3O. The Labute approximate surface area is 184 Å². The van der Waals surface area contributed by atoms with Crippen LogP contribution in [0.25, 0.3) is 0 Å². The molecule has 0 bridgehead atoms. The van der Waals surface area contributed by atoms with Gasteiger partial charge in [-0.25, -0.2) is 0 Å². The van der Waals surface area contributed by atoms with Gasteiger partial charge in [0.25, 0.3) is 0 Å². The van der Waals surface area contributed by atoms with E-state index in [9.17, 15) is 0 Å². The normalized spacial score (nSPS) is 21.2. The van der Waals surface area contributed by atoms with Crippen LogP contribution >= 0.6 is 11.6 Å². The largest absolute Gasteiger partial charge is 0.378 e. The summed E-state index contributed by atoms with van der Waals surface area (Å²) in [5, 5.41) is 8.43. The van der Waals surface area contributed by atoms with E-state index in [1.165, 1.54) is 43.4 Å². The van der Waals surface area contributed by atoms with Crippen molar-refractivity contribution in [2.45, 2.75) is 69.6 Å². The van der Waals surface area contributed by atoms with Crippen LogP contribution < -0.4 is 10.6 Å². The Balaban J connectivity index is 1.41. The average Bonchev–Trinajstić information content (AvgIpc) is 3.58. The summed E-state index contributed by atoms with van der Waals surface area (Å²) in [5.74, 6) is 1.07. The lowest BCUT2D eigenvalue weighted by Gasteiger charge is -2.44. The fraction of sp³-hybridized carbons (Fsp3) is 0.480. The molecule has 2 aromatic rings. The topological polar surface area (TPSA) is 45.7 Å². The number of rotatable bonds is 6. The van der Waals surface area contributed by atoms with Crippen molar-refractivity contribution in [2.24, 2.45) is 4.99 Å². The lowest BCUT2D eigenvalue weighted by atomic mass is 9.78. The van der Waals surface area contributed by atoms with Gasteiger partial charge in [0.15, 0.2) is 0 Å². The molecule has 1 heterocycles. The first-order valence-corrected chi connectivity index (χ1v) is 11.7. The van der Waals surface area contributed by atoms with E-state index in [2.05, 4.69) is 34.9 Å². The van der Waals surface area contributed by atoms with Crippen LogP contribution in [0.4, 0.5) is 11.4 Å². The van der Waals surface area contributed by atoms with Crippen LogP contribution in [-0.2, 0) is 17.7 Å². The number of fused-ring (bicyclic) bond motifs is 1. The molecule has 1 aliphatic heterocycles. The molecule has 2 fully saturated rings. The molecule has 5 heteroatoms. The van der Waals surface area contributed by atoms with Crippen molar-refractivity contribution in [3.8, 4) is 0 Å². The Bertz CT molecular complexity index is 932. The molecule has 2 aliphatic carbocycles. The quantitative estimate of drug-likeness (QED) is 0.581. The lowest BCUT2D eigenvalue weighted by molar-refractivity contribution is 0.122. The maximum absolute atomic E-state index is 6.17. The predicted molar refractivity (Wildman–Crippen MR) is 125 cm³/mol. The number of amidine groups is 1. The number of hydrogen-bond donors (Lipinski definition) is 2. The minimum absolute atomic E-state index is 0.0999. The Kier molecular flexibility index (Phi) is 5.70. The molecule has 0 radical (unpaired) electrons. The van der Waals surface area contributed by atoms with Gasteiger partial charge in [-0.3, -0.25) is 4.99 Å². The second-order valence-electron chi connectivity index (χ2n) is 8.85. The molecule has 0 atom stereocenters. The van der Waals surface area contributed by atoms with E-state index in [1.807, 2.05) is 18.2 Å². The van der Waals surface area contributed by atoms with Crippen LogP contribution in [0.1, 0.15) is 56.1 Å². The van der Waals surface area contributed by atoms with Crippen molar-refractivity contribution < 1.29 is 4.74 Å². The third-order valence-corrected chi connectivity index (χ3v) is 6.72. The number of halogens is 1. The summed E-state index contributed by atoms with van der Waals surface area (Å²) in [6.07, 6.45) is 9.88. The van der Waals surface area contributed by atoms with Crippen molar-refractivity contribution in [1.82, 2.24) is 0 Å². The van der Waals surface area contributed by atoms with Gasteiger partial charge in [0.05, 0.1) is 36.2 Å². The molecule has 2 saturated carbocycles. The molecule has 30 heavy (non-hydrogen) atoms. The minimum Gasteiger partial charge on any atom is -0.378 e. The van der Waals surface area contributed by atoms with Crippen molar-refractivity contribution in [1.29, 1.82) is 0 Å². The van der Waals surface area contributed by atoms with Gasteiger partial charge in [-0.1, -0.05) is 55.1 Å². The highest BCUT2D eigenvalue weighted by Crippen LogP contribution is 2.41.